The van der Waals surface area contributed by atoms with Gasteiger partial charge in [-0.25, -0.2) is 4.79 Å². The van der Waals surface area contributed by atoms with E-state index in [1.807, 2.05) is 37.4 Å². The van der Waals surface area contributed by atoms with Gasteiger partial charge in [0.15, 0.2) is 5.54 Å². The predicted molar refractivity (Wildman–Crippen MR) is 83.1 cm³/mol. The minimum atomic E-state index is -0.814. The van der Waals surface area contributed by atoms with Crippen LogP contribution in [-0.2, 0) is 15.1 Å². The molecule has 5 nitrogen and oxygen atoms in total. The zero-order valence-electron chi connectivity index (χ0n) is 13.1. The quantitative estimate of drug-likeness (QED) is 0.802. The first-order chi connectivity index (χ1) is 10.1. The molecule has 0 aliphatic carbocycles. The second kappa shape index (κ2) is 7.02. The molecule has 0 aromatic heterocycles. The van der Waals surface area contributed by atoms with E-state index in [1.165, 1.54) is 7.11 Å². The largest absolute Gasteiger partial charge is 0.467 e. The fourth-order valence-electron chi connectivity index (χ4n) is 2.84. The molecule has 0 saturated carbocycles. The number of hydrogen-bond donors (Lipinski definition) is 1. The van der Waals surface area contributed by atoms with Crippen LogP contribution in [0.25, 0.3) is 0 Å². The first-order valence-corrected chi connectivity index (χ1v) is 7.36. The van der Waals surface area contributed by atoms with Crippen molar-refractivity contribution in [3.8, 4) is 0 Å². The molecule has 1 aromatic carbocycles. The number of carbonyl (C=O) groups excluding carboxylic acids is 1. The first-order valence-electron chi connectivity index (χ1n) is 7.36. The van der Waals surface area contributed by atoms with Crippen LogP contribution in [0.4, 0.5) is 0 Å². The van der Waals surface area contributed by atoms with Crippen molar-refractivity contribution in [3.63, 3.8) is 0 Å². The Morgan fingerprint density at radius 2 is 1.86 bits per heavy atom. The van der Waals surface area contributed by atoms with Gasteiger partial charge in [-0.05, 0) is 19.7 Å². The first kappa shape index (κ1) is 15.9. The SMILES string of the molecule is CNC(CN1CCN(C)CC1)(C(=O)OC)c1ccccc1. The fraction of sp³-hybridized carbons (Fsp3) is 0.562. The predicted octanol–water partition coefficient (Wildman–Crippen LogP) is 0.522. The Labute approximate surface area is 126 Å². The lowest BCUT2D eigenvalue weighted by molar-refractivity contribution is -0.150. The molecule has 5 heteroatoms. The monoisotopic (exact) mass is 291 g/mol. The summed E-state index contributed by atoms with van der Waals surface area (Å²) in [5.41, 5.74) is 0.129. The maximum absolute atomic E-state index is 12.5. The number of nitrogens with one attached hydrogen (secondary N) is 1. The lowest BCUT2D eigenvalue weighted by Gasteiger charge is -2.39. The average molecular weight is 291 g/mol. The van der Waals surface area contributed by atoms with E-state index in [4.69, 9.17) is 4.74 Å². The minimum Gasteiger partial charge on any atom is -0.467 e. The highest BCUT2D eigenvalue weighted by molar-refractivity contribution is 5.83. The smallest absolute Gasteiger partial charge is 0.332 e. The second-order valence-corrected chi connectivity index (χ2v) is 5.59. The van der Waals surface area contributed by atoms with Crippen LogP contribution in [0.15, 0.2) is 30.3 Å². The maximum Gasteiger partial charge on any atom is 0.332 e. The van der Waals surface area contributed by atoms with Crippen LogP contribution in [0.1, 0.15) is 5.56 Å². The molecule has 0 radical (unpaired) electrons. The van der Waals surface area contributed by atoms with E-state index in [0.717, 1.165) is 31.7 Å². The summed E-state index contributed by atoms with van der Waals surface area (Å²) in [7, 11) is 5.39. The van der Waals surface area contributed by atoms with Gasteiger partial charge in [0.25, 0.3) is 0 Å². The molecule has 21 heavy (non-hydrogen) atoms. The van der Waals surface area contributed by atoms with E-state index in [2.05, 4.69) is 22.2 Å². The van der Waals surface area contributed by atoms with Crippen LogP contribution in [0.5, 0.6) is 0 Å². The molecule has 1 aliphatic rings. The van der Waals surface area contributed by atoms with Gasteiger partial charge in [0.05, 0.1) is 7.11 Å². The van der Waals surface area contributed by atoms with E-state index >= 15 is 0 Å². The lowest BCUT2D eigenvalue weighted by Crippen LogP contribution is -2.58. The Bertz CT molecular complexity index is 458. The topological polar surface area (TPSA) is 44.8 Å². The Kier molecular flexibility index (Phi) is 5.33. The minimum absolute atomic E-state index is 0.241. The molecule has 1 atom stereocenters. The number of piperazine rings is 1. The van der Waals surface area contributed by atoms with Crippen LogP contribution in [0.3, 0.4) is 0 Å². The van der Waals surface area contributed by atoms with Crippen LogP contribution < -0.4 is 5.32 Å². The summed E-state index contributed by atoms with van der Waals surface area (Å²) in [5.74, 6) is -0.241. The zero-order chi connectivity index (χ0) is 15.3. The molecule has 1 aliphatic heterocycles. The molecule has 1 N–H and O–H groups in total. The molecule has 1 fully saturated rings. The summed E-state index contributed by atoms with van der Waals surface area (Å²) in [6.07, 6.45) is 0. The second-order valence-electron chi connectivity index (χ2n) is 5.59. The number of benzene rings is 1. The Hall–Kier alpha value is -1.43. The number of hydrogen-bond acceptors (Lipinski definition) is 5. The van der Waals surface area contributed by atoms with Gasteiger partial charge >= 0.3 is 5.97 Å². The third kappa shape index (κ3) is 3.43. The third-order valence-corrected chi connectivity index (χ3v) is 4.28. The number of esters is 1. The number of rotatable bonds is 5. The van der Waals surface area contributed by atoms with Crippen molar-refractivity contribution in [2.75, 3.05) is 53.9 Å². The van der Waals surface area contributed by atoms with Crippen molar-refractivity contribution in [2.45, 2.75) is 5.54 Å². The highest BCUT2D eigenvalue weighted by atomic mass is 16.5. The molecule has 116 valence electrons. The summed E-state index contributed by atoms with van der Waals surface area (Å²) in [5, 5.41) is 3.21. The summed E-state index contributed by atoms with van der Waals surface area (Å²) < 4.78 is 5.09. The maximum atomic E-state index is 12.5. The third-order valence-electron chi connectivity index (χ3n) is 4.28. The van der Waals surface area contributed by atoms with Gasteiger partial charge in [-0.15, -0.1) is 0 Å². The van der Waals surface area contributed by atoms with Crippen molar-refractivity contribution in [1.29, 1.82) is 0 Å². The van der Waals surface area contributed by atoms with E-state index < -0.39 is 5.54 Å². The van der Waals surface area contributed by atoms with E-state index in [9.17, 15) is 4.79 Å². The number of likely N-dealkylation sites (N-methyl/N-ethyl adjacent to an activating group) is 2. The standard InChI is InChI=1S/C16H25N3O2/c1-17-16(15(20)21-3,14-7-5-4-6-8-14)13-19-11-9-18(2)10-12-19/h4-8,17H,9-13H2,1-3H3. The van der Waals surface area contributed by atoms with Gasteiger partial charge in [0.2, 0.25) is 0 Å². The summed E-state index contributed by atoms with van der Waals surface area (Å²) in [4.78, 5) is 17.1. The highest BCUT2D eigenvalue weighted by Crippen LogP contribution is 2.24. The number of carbonyl (C=O) groups is 1. The summed E-state index contributed by atoms with van der Waals surface area (Å²) in [6.45, 7) is 4.59. The van der Waals surface area contributed by atoms with Crippen molar-refractivity contribution in [1.82, 2.24) is 15.1 Å². The molecule has 1 aromatic rings. The number of methoxy groups -OCH3 is 1. The Balaban J connectivity index is 2.25. The Morgan fingerprint density at radius 3 is 2.38 bits per heavy atom. The van der Waals surface area contributed by atoms with Crippen LogP contribution in [0.2, 0.25) is 0 Å². The van der Waals surface area contributed by atoms with E-state index in [-0.39, 0.29) is 5.97 Å². The molecule has 0 amide bonds. The molecule has 0 spiro atoms. The van der Waals surface area contributed by atoms with Gasteiger partial charge < -0.3 is 15.0 Å². The van der Waals surface area contributed by atoms with Crippen molar-refractivity contribution in [3.05, 3.63) is 35.9 Å². The molecular formula is C16H25N3O2. The van der Waals surface area contributed by atoms with Crippen LogP contribution >= 0.6 is 0 Å². The number of ether oxygens (including phenoxy) is 1. The van der Waals surface area contributed by atoms with Gasteiger partial charge in [0.1, 0.15) is 0 Å². The molecular weight excluding hydrogens is 266 g/mol. The molecule has 1 unspecified atom stereocenters. The van der Waals surface area contributed by atoms with E-state index in [0.29, 0.717) is 6.54 Å². The normalized spacial score (nSPS) is 20.0. The van der Waals surface area contributed by atoms with Crippen LogP contribution in [0, 0.1) is 0 Å². The summed E-state index contributed by atoms with van der Waals surface area (Å²) >= 11 is 0. The lowest BCUT2D eigenvalue weighted by atomic mass is 9.89. The molecule has 1 saturated heterocycles. The molecule has 2 rings (SSSR count). The van der Waals surface area contributed by atoms with E-state index in [1.54, 1.807) is 0 Å². The van der Waals surface area contributed by atoms with Crippen molar-refractivity contribution in [2.24, 2.45) is 0 Å². The highest BCUT2D eigenvalue weighted by Gasteiger charge is 2.41. The number of nitrogens with zero attached hydrogens (tertiary/aromatic N) is 2. The molecule has 0 bridgehead atoms. The summed E-state index contributed by atoms with van der Waals surface area (Å²) in [6, 6.07) is 9.81. The zero-order valence-corrected chi connectivity index (χ0v) is 13.1. The average Bonchev–Trinajstić information content (AvgIpc) is 2.54. The van der Waals surface area contributed by atoms with Gasteiger partial charge in [-0.3, -0.25) is 4.90 Å². The van der Waals surface area contributed by atoms with Gasteiger partial charge in [-0.2, -0.15) is 0 Å². The van der Waals surface area contributed by atoms with Crippen LogP contribution in [-0.4, -0.2) is 69.7 Å². The molecule has 1 heterocycles. The van der Waals surface area contributed by atoms with Gasteiger partial charge in [-0.1, -0.05) is 30.3 Å². The van der Waals surface area contributed by atoms with Gasteiger partial charge in [0, 0.05) is 32.7 Å². The fourth-order valence-corrected chi connectivity index (χ4v) is 2.84. The Morgan fingerprint density at radius 1 is 1.24 bits per heavy atom. The van der Waals surface area contributed by atoms with Crippen molar-refractivity contribution < 1.29 is 9.53 Å². The van der Waals surface area contributed by atoms with Crippen molar-refractivity contribution >= 4 is 5.97 Å².